The normalized spacial score (nSPS) is 37.3. The molecule has 0 spiro atoms. The molecule has 2 aliphatic rings. The fourth-order valence-electron chi connectivity index (χ4n) is 3.42. The van der Waals surface area contributed by atoms with E-state index in [1.165, 1.54) is 5.57 Å². The maximum absolute atomic E-state index is 10.8. The molecule has 0 bridgehead atoms. The second-order valence-corrected chi connectivity index (χ2v) is 6.85. The quantitative estimate of drug-likeness (QED) is 0.742. The first-order valence-corrected chi connectivity index (χ1v) is 6.83. The van der Waals surface area contributed by atoms with Gasteiger partial charge in [0.05, 0.1) is 11.2 Å². The summed E-state index contributed by atoms with van der Waals surface area (Å²) >= 11 is 0. The van der Waals surface area contributed by atoms with Gasteiger partial charge in [-0.25, -0.2) is 0 Å². The zero-order chi connectivity index (χ0) is 12.8. The van der Waals surface area contributed by atoms with Gasteiger partial charge in [-0.3, -0.25) is 0 Å². The van der Waals surface area contributed by atoms with E-state index in [-0.39, 0.29) is 11.8 Å². The number of hydrogen-bond donors (Lipinski definition) is 2. The molecule has 2 aliphatic carbocycles. The van der Waals surface area contributed by atoms with Crippen molar-refractivity contribution >= 4 is 0 Å². The largest absolute Gasteiger partial charge is 0.390 e. The molecule has 2 heteroatoms. The first-order valence-electron chi connectivity index (χ1n) is 6.83. The van der Waals surface area contributed by atoms with E-state index in [0.717, 1.165) is 25.7 Å². The zero-order valence-corrected chi connectivity index (χ0v) is 11.5. The molecule has 4 atom stereocenters. The number of rotatable bonds is 3. The average Bonchev–Trinajstić information content (AvgIpc) is 2.96. The van der Waals surface area contributed by atoms with Crippen molar-refractivity contribution in [2.75, 3.05) is 0 Å². The smallest absolute Gasteiger partial charge is 0.0682 e. The molecule has 0 amide bonds. The summed E-state index contributed by atoms with van der Waals surface area (Å²) < 4.78 is 0. The van der Waals surface area contributed by atoms with Gasteiger partial charge in [0.15, 0.2) is 0 Å². The van der Waals surface area contributed by atoms with Gasteiger partial charge in [-0.2, -0.15) is 0 Å². The Morgan fingerprint density at radius 3 is 2.24 bits per heavy atom. The Morgan fingerprint density at radius 2 is 1.82 bits per heavy atom. The molecule has 0 heterocycles. The Labute approximate surface area is 105 Å². The molecule has 0 aromatic carbocycles. The Balaban J connectivity index is 2.01. The molecule has 1 fully saturated rings. The fourth-order valence-corrected chi connectivity index (χ4v) is 3.42. The van der Waals surface area contributed by atoms with Crippen LogP contribution in [-0.2, 0) is 0 Å². The molecule has 4 unspecified atom stereocenters. The third-order valence-electron chi connectivity index (χ3n) is 4.91. The van der Waals surface area contributed by atoms with Crippen LogP contribution in [0.25, 0.3) is 0 Å². The number of hydrogen-bond acceptors (Lipinski definition) is 2. The van der Waals surface area contributed by atoms with E-state index in [1.54, 1.807) is 0 Å². The third-order valence-corrected chi connectivity index (χ3v) is 4.91. The highest BCUT2D eigenvalue weighted by Gasteiger charge is 2.57. The van der Waals surface area contributed by atoms with Crippen molar-refractivity contribution in [3.8, 4) is 0 Å². The summed E-state index contributed by atoms with van der Waals surface area (Å²) in [6.45, 7) is 7.86. The van der Waals surface area contributed by atoms with Crippen LogP contribution in [0, 0.1) is 17.8 Å². The molecule has 2 nitrogen and oxygen atoms in total. The molecular formula is C15H26O2. The monoisotopic (exact) mass is 238 g/mol. The minimum atomic E-state index is -0.644. The van der Waals surface area contributed by atoms with Crippen LogP contribution in [0.2, 0.25) is 0 Å². The molecule has 1 saturated carbocycles. The highest BCUT2D eigenvalue weighted by atomic mass is 16.3. The van der Waals surface area contributed by atoms with E-state index in [4.69, 9.17) is 0 Å². The second-order valence-electron chi connectivity index (χ2n) is 6.85. The Morgan fingerprint density at radius 1 is 1.18 bits per heavy atom. The van der Waals surface area contributed by atoms with Crippen LogP contribution in [0.15, 0.2) is 11.6 Å². The molecule has 0 aromatic heterocycles. The van der Waals surface area contributed by atoms with Gasteiger partial charge in [0.2, 0.25) is 0 Å². The molecule has 17 heavy (non-hydrogen) atoms. The van der Waals surface area contributed by atoms with E-state index < -0.39 is 11.2 Å². The predicted octanol–water partition coefficient (Wildman–Crippen LogP) is 2.89. The Bertz CT molecular complexity index is 322. The first kappa shape index (κ1) is 13.1. The minimum Gasteiger partial charge on any atom is -0.390 e. The summed E-state index contributed by atoms with van der Waals surface area (Å²) in [4.78, 5) is 0. The maximum Gasteiger partial charge on any atom is 0.0682 e. The molecule has 2 N–H and O–H groups in total. The summed E-state index contributed by atoms with van der Waals surface area (Å²) in [6, 6.07) is 0. The second kappa shape index (κ2) is 4.10. The summed E-state index contributed by atoms with van der Waals surface area (Å²) in [5.74, 6) is 0.910. The van der Waals surface area contributed by atoms with Crippen LogP contribution in [0.5, 0.6) is 0 Å². The predicted molar refractivity (Wildman–Crippen MR) is 69.6 cm³/mol. The Kier molecular flexibility index (Phi) is 3.16. The van der Waals surface area contributed by atoms with Gasteiger partial charge >= 0.3 is 0 Å². The minimum absolute atomic E-state index is 0.268. The summed E-state index contributed by atoms with van der Waals surface area (Å²) in [5.41, 5.74) is 0.198. The van der Waals surface area contributed by atoms with E-state index in [1.807, 2.05) is 20.8 Å². The van der Waals surface area contributed by atoms with Crippen molar-refractivity contribution in [3.63, 3.8) is 0 Å². The van der Waals surface area contributed by atoms with E-state index in [2.05, 4.69) is 13.0 Å². The van der Waals surface area contributed by atoms with Crippen molar-refractivity contribution in [1.82, 2.24) is 0 Å². The van der Waals surface area contributed by atoms with E-state index in [9.17, 15) is 10.2 Å². The molecule has 2 rings (SSSR count). The number of aliphatic hydroxyl groups is 2. The van der Waals surface area contributed by atoms with Gasteiger partial charge in [-0.05, 0) is 71.1 Å². The van der Waals surface area contributed by atoms with E-state index in [0.29, 0.717) is 5.92 Å². The van der Waals surface area contributed by atoms with Gasteiger partial charge in [0.1, 0.15) is 0 Å². The van der Waals surface area contributed by atoms with Crippen molar-refractivity contribution in [1.29, 1.82) is 0 Å². The van der Waals surface area contributed by atoms with Crippen molar-refractivity contribution in [2.24, 2.45) is 17.8 Å². The average molecular weight is 238 g/mol. The SMILES string of the molecule is CC1=CCC(C(C)(O)C2CC2C(C)(C)O)CC1. The highest BCUT2D eigenvalue weighted by Crippen LogP contribution is 2.55. The van der Waals surface area contributed by atoms with Crippen LogP contribution < -0.4 is 0 Å². The molecule has 0 aromatic rings. The molecule has 0 aliphatic heterocycles. The van der Waals surface area contributed by atoms with Crippen molar-refractivity contribution < 1.29 is 10.2 Å². The topological polar surface area (TPSA) is 40.5 Å². The maximum atomic E-state index is 10.8. The zero-order valence-electron chi connectivity index (χ0n) is 11.5. The van der Waals surface area contributed by atoms with Crippen molar-refractivity contribution in [3.05, 3.63) is 11.6 Å². The lowest BCUT2D eigenvalue weighted by atomic mass is 9.75. The van der Waals surface area contributed by atoms with Gasteiger partial charge in [-0.1, -0.05) is 11.6 Å². The lowest BCUT2D eigenvalue weighted by Gasteiger charge is -2.36. The fraction of sp³-hybridized carbons (Fsp3) is 0.867. The van der Waals surface area contributed by atoms with Crippen LogP contribution in [0.3, 0.4) is 0 Å². The molecule has 0 saturated heterocycles. The van der Waals surface area contributed by atoms with Crippen LogP contribution in [0.1, 0.15) is 53.4 Å². The van der Waals surface area contributed by atoms with E-state index >= 15 is 0 Å². The lowest BCUT2D eigenvalue weighted by Crippen LogP contribution is -2.40. The van der Waals surface area contributed by atoms with Crippen LogP contribution >= 0.6 is 0 Å². The molecule has 98 valence electrons. The van der Waals surface area contributed by atoms with Crippen molar-refractivity contribution in [2.45, 2.75) is 64.6 Å². The standard InChI is InChI=1S/C15H26O2/c1-10-5-7-11(8-6-10)15(4,17)13-9-12(13)14(2,3)16/h5,11-13,16-17H,6-9H2,1-4H3. The van der Waals surface area contributed by atoms with Crippen LogP contribution in [-0.4, -0.2) is 21.4 Å². The Hall–Kier alpha value is -0.340. The van der Waals surface area contributed by atoms with Gasteiger partial charge in [-0.15, -0.1) is 0 Å². The van der Waals surface area contributed by atoms with Crippen LogP contribution in [0.4, 0.5) is 0 Å². The summed E-state index contributed by atoms with van der Waals surface area (Å²) in [5, 5.41) is 20.8. The first-order chi connectivity index (χ1) is 7.73. The third kappa shape index (κ3) is 2.58. The number of allylic oxidation sites excluding steroid dienone is 2. The van der Waals surface area contributed by atoms with Gasteiger partial charge in [0.25, 0.3) is 0 Å². The highest BCUT2D eigenvalue weighted by molar-refractivity contribution is 5.11. The van der Waals surface area contributed by atoms with Gasteiger partial charge in [0, 0.05) is 0 Å². The molecular weight excluding hydrogens is 212 g/mol. The van der Waals surface area contributed by atoms with Gasteiger partial charge < -0.3 is 10.2 Å². The molecule has 0 radical (unpaired) electrons. The summed E-state index contributed by atoms with van der Waals surface area (Å²) in [7, 11) is 0. The lowest BCUT2D eigenvalue weighted by molar-refractivity contribution is -0.0470. The summed E-state index contributed by atoms with van der Waals surface area (Å²) in [6.07, 6.45) is 6.43.